The third kappa shape index (κ3) is 3.31. The first kappa shape index (κ1) is 17.3. The van der Waals surface area contributed by atoms with Crippen molar-refractivity contribution in [1.29, 1.82) is 0 Å². The maximum atomic E-state index is 12.8. The van der Waals surface area contributed by atoms with Gasteiger partial charge in [0.15, 0.2) is 5.82 Å². The van der Waals surface area contributed by atoms with Crippen molar-refractivity contribution in [2.75, 3.05) is 0 Å². The van der Waals surface area contributed by atoms with Crippen molar-refractivity contribution in [3.63, 3.8) is 0 Å². The minimum Gasteiger partial charge on any atom is -0.507 e. The van der Waals surface area contributed by atoms with Crippen LogP contribution >= 0.6 is 0 Å². The van der Waals surface area contributed by atoms with Crippen LogP contribution in [0, 0.1) is 0 Å². The molecule has 0 fully saturated rings. The van der Waals surface area contributed by atoms with E-state index in [-0.39, 0.29) is 22.4 Å². The average Bonchev–Trinajstić information content (AvgIpc) is 2.81. The van der Waals surface area contributed by atoms with Crippen molar-refractivity contribution in [3.8, 4) is 5.75 Å². The number of benzene rings is 1. The van der Waals surface area contributed by atoms with E-state index in [4.69, 9.17) is 0 Å². The summed E-state index contributed by atoms with van der Waals surface area (Å²) in [6.45, 7) is 12.2. The molecule has 1 heterocycles. The summed E-state index contributed by atoms with van der Waals surface area (Å²) in [7, 11) is 1.80. The van der Waals surface area contributed by atoms with E-state index in [1.807, 2.05) is 41.5 Å². The molecule has 0 bridgehead atoms. The molecule has 0 aliphatic heterocycles. The van der Waals surface area contributed by atoms with Gasteiger partial charge in [0.1, 0.15) is 5.75 Å². The molecule has 4 nitrogen and oxygen atoms in total. The molecule has 0 saturated carbocycles. The van der Waals surface area contributed by atoms with E-state index in [0.29, 0.717) is 11.4 Å². The molecule has 0 atom stereocenters. The van der Waals surface area contributed by atoms with Gasteiger partial charge in [0, 0.05) is 36.1 Å². The van der Waals surface area contributed by atoms with Crippen molar-refractivity contribution < 1.29 is 9.90 Å². The molecular formula is C19H26N2O2. The summed E-state index contributed by atoms with van der Waals surface area (Å²) in [5.74, 6) is 0.547. The van der Waals surface area contributed by atoms with Gasteiger partial charge in [-0.05, 0) is 23.0 Å². The molecule has 2 rings (SSSR count). The quantitative estimate of drug-likeness (QED) is 0.854. The number of hydrogen-bond donors (Lipinski definition) is 1. The number of rotatable bonds is 2. The third-order valence-corrected chi connectivity index (χ3v) is 4.01. The number of aromatic nitrogens is 2. The number of phenolic OH excluding ortho intramolecular Hbond substituents is 1. The summed E-state index contributed by atoms with van der Waals surface area (Å²) in [6.07, 6.45) is 3.37. The van der Waals surface area contributed by atoms with Crippen LogP contribution in [0.1, 0.15) is 68.9 Å². The summed E-state index contributed by atoms with van der Waals surface area (Å²) in [5, 5.41) is 10.7. The summed E-state index contributed by atoms with van der Waals surface area (Å²) in [4.78, 5) is 17.0. The first-order valence-electron chi connectivity index (χ1n) is 7.83. The van der Waals surface area contributed by atoms with E-state index in [2.05, 4.69) is 4.98 Å². The van der Waals surface area contributed by atoms with Gasteiger partial charge in [0.2, 0.25) is 5.78 Å². The smallest absolute Gasteiger partial charge is 0.228 e. The molecular weight excluding hydrogens is 288 g/mol. The van der Waals surface area contributed by atoms with E-state index in [1.165, 1.54) is 0 Å². The van der Waals surface area contributed by atoms with Gasteiger partial charge in [-0.1, -0.05) is 41.5 Å². The Balaban J connectivity index is 2.70. The highest BCUT2D eigenvalue weighted by molar-refractivity contribution is 6.07. The van der Waals surface area contributed by atoms with Crippen molar-refractivity contribution in [3.05, 3.63) is 47.0 Å². The Kier molecular flexibility index (Phi) is 4.14. The lowest BCUT2D eigenvalue weighted by Crippen LogP contribution is -2.19. The second-order valence-corrected chi connectivity index (χ2v) is 8.11. The highest BCUT2D eigenvalue weighted by Crippen LogP contribution is 2.40. The molecule has 0 unspecified atom stereocenters. The van der Waals surface area contributed by atoms with Gasteiger partial charge in [-0.15, -0.1) is 0 Å². The molecule has 0 spiro atoms. The first-order valence-corrected chi connectivity index (χ1v) is 7.83. The lowest BCUT2D eigenvalue weighted by molar-refractivity contribution is 0.102. The number of phenols is 1. The predicted octanol–water partition coefficient (Wildman–Crippen LogP) is 3.95. The fraction of sp³-hybridized carbons (Fsp3) is 0.474. The van der Waals surface area contributed by atoms with Gasteiger partial charge in [-0.3, -0.25) is 4.79 Å². The highest BCUT2D eigenvalue weighted by Gasteiger charge is 2.28. The van der Waals surface area contributed by atoms with Crippen molar-refractivity contribution in [2.45, 2.75) is 52.4 Å². The van der Waals surface area contributed by atoms with Crippen molar-refractivity contribution in [2.24, 2.45) is 7.05 Å². The van der Waals surface area contributed by atoms with Crippen LogP contribution < -0.4 is 0 Å². The van der Waals surface area contributed by atoms with Crippen LogP contribution in [0.2, 0.25) is 0 Å². The van der Waals surface area contributed by atoms with E-state index in [0.717, 1.165) is 11.1 Å². The number of carbonyl (C=O) groups is 1. The van der Waals surface area contributed by atoms with Crippen molar-refractivity contribution in [1.82, 2.24) is 9.55 Å². The van der Waals surface area contributed by atoms with Gasteiger partial charge >= 0.3 is 0 Å². The number of imidazole rings is 1. The molecule has 1 N–H and O–H groups in total. The number of aryl methyl sites for hydroxylation is 1. The highest BCUT2D eigenvalue weighted by atomic mass is 16.3. The van der Waals surface area contributed by atoms with Crippen LogP contribution in [0.3, 0.4) is 0 Å². The van der Waals surface area contributed by atoms with E-state index in [1.54, 1.807) is 36.1 Å². The van der Waals surface area contributed by atoms with Crippen LogP contribution in [0.4, 0.5) is 0 Å². The summed E-state index contributed by atoms with van der Waals surface area (Å²) >= 11 is 0. The van der Waals surface area contributed by atoms with Crippen LogP contribution in [0.25, 0.3) is 0 Å². The Labute approximate surface area is 138 Å². The predicted molar refractivity (Wildman–Crippen MR) is 92.1 cm³/mol. The number of carbonyl (C=O) groups excluding carboxylic acids is 1. The Morgan fingerprint density at radius 1 is 1.04 bits per heavy atom. The zero-order valence-corrected chi connectivity index (χ0v) is 15.1. The Hall–Kier alpha value is -2.10. The summed E-state index contributed by atoms with van der Waals surface area (Å²) < 4.78 is 1.71. The SMILES string of the molecule is Cn1ccnc1C(=O)c1cc(C(C)(C)C)c(O)c(C(C)(C)C)c1. The molecule has 124 valence electrons. The molecule has 0 radical (unpaired) electrons. The Morgan fingerprint density at radius 3 is 1.87 bits per heavy atom. The fourth-order valence-electron chi connectivity index (χ4n) is 2.62. The molecule has 1 aromatic heterocycles. The second kappa shape index (κ2) is 5.52. The fourth-order valence-corrected chi connectivity index (χ4v) is 2.62. The molecule has 2 aromatic rings. The Morgan fingerprint density at radius 2 is 1.52 bits per heavy atom. The normalized spacial score (nSPS) is 12.5. The lowest BCUT2D eigenvalue weighted by atomic mass is 9.78. The molecule has 0 aliphatic rings. The van der Waals surface area contributed by atoms with Crippen LogP contribution in [0.5, 0.6) is 5.75 Å². The van der Waals surface area contributed by atoms with Gasteiger partial charge in [0.05, 0.1) is 0 Å². The monoisotopic (exact) mass is 314 g/mol. The lowest BCUT2D eigenvalue weighted by Gasteiger charge is -2.28. The largest absolute Gasteiger partial charge is 0.507 e. The number of ketones is 1. The van der Waals surface area contributed by atoms with E-state index >= 15 is 0 Å². The number of hydrogen-bond acceptors (Lipinski definition) is 3. The molecule has 0 saturated heterocycles. The number of nitrogens with zero attached hydrogens (tertiary/aromatic N) is 2. The van der Waals surface area contributed by atoms with Gasteiger partial charge in [-0.2, -0.15) is 0 Å². The molecule has 4 heteroatoms. The van der Waals surface area contributed by atoms with Gasteiger partial charge < -0.3 is 9.67 Å². The summed E-state index contributed by atoms with van der Waals surface area (Å²) in [6, 6.07) is 3.59. The minimum atomic E-state index is -0.262. The standard InChI is InChI=1S/C19H26N2O2/c1-18(2,3)13-10-12(11-14(16(13)23)19(4,5)6)15(22)17-20-8-9-21(17)7/h8-11,23H,1-7H3. The summed E-state index contributed by atoms with van der Waals surface area (Å²) in [5.41, 5.74) is 1.60. The molecule has 23 heavy (non-hydrogen) atoms. The molecule has 0 aliphatic carbocycles. The molecule has 1 aromatic carbocycles. The van der Waals surface area contributed by atoms with E-state index in [9.17, 15) is 9.90 Å². The van der Waals surface area contributed by atoms with Gasteiger partial charge in [-0.25, -0.2) is 4.98 Å². The Bertz CT molecular complexity index is 708. The zero-order valence-electron chi connectivity index (χ0n) is 15.1. The van der Waals surface area contributed by atoms with Crippen LogP contribution in [-0.4, -0.2) is 20.4 Å². The first-order chi connectivity index (χ1) is 10.4. The zero-order chi connectivity index (χ0) is 17.6. The minimum absolute atomic E-state index is 0.131. The third-order valence-electron chi connectivity index (χ3n) is 4.01. The topological polar surface area (TPSA) is 55.1 Å². The molecule has 0 amide bonds. The van der Waals surface area contributed by atoms with E-state index < -0.39 is 0 Å². The van der Waals surface area contributed by atoms with Crippen LogP contribution in [0.15, 0.2) is 24.5 Å². The average molecular weight is 314 g/mol. The van der Waals surface area contributed by atoms with Crippen LogP contribution in [-0.2, 0) is 17.9 Å². The second-order valence-electron chi connectivity index (χ2n) is 8.11. The number of aromatic hydroxyl groups is 1. The maximum Gasteiger partial charge on any atom is 0.228 e. The maximum absolute atomic E-state index is 12.8. The van der Waals surface area contributed by atoms with Crippen molar-refractivity contribution >= 4 is 5.78 Å². The van der Waals surface area contributed by atoms with Gasteiger partial charge in [0.25, 0.3) is 0 Å².